The number of hydrogen-bond donors (Lipinski definition) is 2. The smallest absolute Gasteiger partial charge is 0.219 e. The van der Waals surface area contributed by atoms with Crippen molar-refractivity contribution in [3.8, 4) is 0 Å². The SMILES string of the molecule is C=N[C@@](CS)(NC(C)=O)C(C)=O. The molecule has 0 aromatic rings. The number of thiol groups is 1. The lowest BCUT2D eigenvalue weighted by Crippen LogP contribution is -2.53. The summed E-state index contributed by atoms with van der Waals surface area (Å²) in [6.45, 7) is 5.89. The summed E-state index contributed by atoms with van der Waals surface area (Å²) in [5.41, 5.74) is -1.26. The van der Waals surface area contributed by atoms with Crippen LogP contribution in [-0.2, 0) is 9.59 Å². The van der Waals surface area contributed by atoms with Crippen LogP contribution in [0, 0.1) is 0 Å². The molecule has 68 valence electrons. The zero-order valence-corrected chi connectivity index (χ0v) is 8.02. The molecule has 0 aromatic carbocycles. The fourth-order valence-corrected chi connectivity index (χ4v) is 1.13. The number of aliphatic imine (C=N–C) groups is 1. The van der Waals surface area contributed by atoms with Crippen molar-refractivity contribution in [2.24, 2.45) is 4.99 Å². The Bertz CT molecular complexity index is 217. The summed E-state index contributed by atoms with van der Waals surface area (Å²) in [7, 11) is 0. The van der Waals surface area contributed by atoms with Gasteiger partial charge in [-0.3, -0.25) is 14.6 Å². The Morgan fingerprint density at radius 3 is 2.17 bits per heavy atom. The average Bonchev–Trinajstić information content (AvgIpc) is 1.99. The molecule has 12 heavy (non-hydrogen) atoms. The van der Waals surface area contributed by atoms with Gasteiger partial charge in [-0.15, -0.1) is 0 Å². The summed E-state index contributed by atoms with van der Waals surface area (Å²) in [5.74, 6) is -0.486. The van der Waals surface area contributed by atoms with Gasteiger partial charge in [0.2, 0.25) is 5.91 Å². The maximum Gasteiger partial charge on any atom is 0.219 e. The topological polar surface area (TPSA) is 58.5 Å². The van der Waals surface area contributed by atoms with Gasteiger partial charge in [0.05, 0.1) is 0 Å². The molecule has 0 aliphatic rings. The first-order valence-electron chi connectivity index (χ1n) is 3.37. The monoisotopic (exact) mass is 188 g/mol. The van der Waals surface area contributed by atoms with E-state index in [1.165, 1.54) is 13.8 Å². The number of carbonyl (C=O) groups excluding carboxylic acids is 2. The highest BCUT2D eigenvalue weighted by Crippen LogP contribution is 2.09. The number of hydrogen-bond acceptors (Lipinski definition) is 4. The van der Waals surface area contributed by atoms with Gasteiger partial charge in [-0.1, -0.05) is 0 Å². The number of ketones is 1. The van der Waals surface area contributed by atoms with Crippen LogP contribution >= 0.6 is 12.6 Å². The summed E-state index contributed by atoms with van der Waals surface area (Å²) in [6.07, 6.45) is 0. The Hall–Kier alpha value is -0.840. The van der Waals surface area contributed by atoms with E-state index in [1.807, 2.05) is 0 Å². The molecule has 0 rings (SSSR count). The van der Waals surface area contributed by atoms with Gasteiger partial charge in [0.1, 0.15) is 0 Å². The van der Waals surface area contributed by atoms with Crippen LogP contribution in [0.25, 0.3) is 0 Å². The summed E-state index contributed by atoms with van der Waals surface area (Å²) >= 11 is 3.93. The van der Waals surface area contributed by atoms with Crippen LogP contribution in [-0.4, -0.2) is 29.8 Å². The fraction of sp³-hybridized carbons (Fsp3) is 0.571. The van der Waals surface area contributed by atoms with Crippen LogP contribution in [0.2, 0.25) is 0 Å². The maximum atomic E-state index is 11.1. The molecule has 1 amide bonds. The maximum absolute atomic E-state index is 11.1. The number of Topliss-reactive ketones (excluding diaryl/α,β-unsaturated/α-hetero) is 1. The summed E-state index contributed by atoms with van der Waals surface area (Å²) in [5, 5.41) is 2.40. The number of nitrogens with zero attached hydrogens (tertiary/aromatic N) is 1. The molecular weight excluding hydrogens is 176 g/mol. The molecule has 0 saturated heterocycles. The lowest BCUT2D eigenvalue weighted by molar-refractivity contribution is -0.128. The molecule has 5 heteroatoms. The molecule has 0 aliphatic heterocycles. The molecule has 0 heterocycles. The van der Waals surface area contributed by atoms with Crippen LogP contribution in [0.15, 0.2) is 4.99 Å². The Morgan fingerprint density at radius 2 is 2.08 bits per heavy atom. The second-order valence-electron chi connectivity index (χ2n) is 2.41. The van der Waals surface area contributed by atoms with E-state index in [9.17, 15) is 9.59 Å². The largest absolute Gasteiger partial charge is 0.325 e. The molecule has 1 atom stereocenters. The van der Waals surface area contributed by atoms with Crippen molar-refractivity contribution in [2.75, 3.05) is 5.75 Å². The Morgan fingerprint density at radius 1 is 1.58 bits per heavy atom. The molecule has 0 unspecified atom stereocenters. The first-order valence-corrected chi connectivity index (χ1v) is 4.00. The van der Waals surface area contributed by atoms with Crippen LogP contribution in [0.4, 0.5) is 0 Å². The predicted molar refractivity (Wildman–Crippen MR) is 50.6 cm³/mol. The van der Waals surface area contributed by atoms with Gasteiger partial charge in [0, 0.05) is 12.7 Å². The molecule has 0 fully saturated rings. The minimum atomic E-state index is -1.26. The Kier molecular flexibility index (Phi) is 3.95. The van der Waals surface area contributed by atoms with E-state index >= 15 is 0 Å². The van der Waals surface area contributed by atoms with Crippen molar-refractivity contribution in [3.63, 3.8) is 0 Å². The number of amides is 1. The molecule has 0 bridgehead atoms. The molecule has 0 saturated carbocycles. The minimum Gasteiger partial charge on any atom is -0.325 e. The van der Waals surface area contributed by atoms with Gasteiger partial charge >= 0.3 is 0 Å². The number of rotatable bonds is 4. The van der Waals surface area contributed by atoms with Gasteiger partial charge in [-0.05, 0) is 13.6 Å². The van der Waals surface area contributed by atoms with E-state index < -0.39 is 5.66 Å². The Balaban J connectivity index is 4.69. The van der Waals surface area contributed by atoms with Crippen LogP contribution in [0.1, 0.15) is 13.8 Å². The van der Waals surface area contributed by atoms with E-state index in [0.717, 1.165) is 0 Å². The molecule has 4 nitrogen and oxygen atoms in total. The molecular formula is C7H12N2O2S. The van der Waals surface area contributed by atoms with Crippen molar-refractivity contribution in [1.82, 2.24) is 5.32 Å². The van der Waals surface area contributed by atoms with Crippen molar-refractivity contribution in [2.45, 2.75) is 19.5 Å². The molecule has 0 aromatic heterocycles. The number of carbonyl (C=O) groups is 2. The van der Waals surface area contributed by atoms with Crippen molar-refractivity contribution in [3.05, 3.63) is 0 Å². The van der Waals surface area contributed by atoms with E-state index in [-0.39, 0.29) is 17.4 Å². The van der Waals surface area contributed by atoms with E-state index in [4.69, 9.17) is 0 Å². The summed E-state index contributed by atoms with van der Waals surface area (Å²) in [6, 6.07) is 0. The zero-order valence-electron chi connectivity index (χ0n) is 7.13. The summed E-state index contributed by atoms with van der Waals surface area (Å²) < 4.78 is 0. The second kappa shape index (κ2) is 4.25. The van der Waals surface area contributed by atoms with Gasteiger partial charge in [-0.25, -0.2) is 0 Å². The molecule has 0 radical (unpaired) electrons. The third kappa shape index (κ3) is 2.34. The standard InChI is InChI=1S/C7H12N2O2S/c1-5(10)7(4-12,8-3)9-6(2)11/h12H,3-4H2,1-2H3,(H,9,11)/t7-/m0/s1. The first-order chi connectivity index (χ1) is 5.48. The Labute approximate surface area is 76.9 Å². The quantitative estimate of drug-likeness (QED) is 0.483. The highest BCUT2D eigenvalue weighted by atomic mass is 32.1. The lowest BCUT2D eigenvalue weighted by Gasteiger charge is -2.24. The minimum absolute atomic E-state index is 0.116. The highest BCUT2D eigenvalue weighted by Gasteiger charge is 2.32. The number of nitrogens with one attached hydrogen (secondary N) is 1. The molecule has 0 aliphatic carbocycles. The highest BCUT2D eigenvalue weighted by molar-refractivity contribution is 7.80. The third-order valence-corrected chi connectivity index (χ3v) is 1.92. The van der Waals surface area contributed by atoms with Crippen LogP contribution in [0.5, 0.6) is 0 Å². The first kappa shape index (κ1) is 11.2. The van der Waals surface area contributed by atoms with Crippen LogP contribution < -0.4 is 5.32 Å². The summed E-state index contributed by atoms with van der Waals surface area (Å²) in [4.78, 5) is 25.3. The van der Waals surface area contributed by atoms with Crippen LogP contribution in [0.3, 0.4) is 0 Å². The van der Waals surface area contributed by atoms with Crippen molar-refractivity contribution >= 4 is 31.0 Å². The van der Waals surface area contributed by atoms with E-state index in [2.05, 4.69) is 29.7 Å². The molecule has 1 N–H and O–H groups in total. The molecule has 0 spiro atoms. The predicted octanol–water partition coefficient (Wildman–Crippen LogP) is 0.0382. The van der Waals surface area contributed by atoms with Crippen molar-refractivity contribution in [1.29, 1.82) is 0 Å². The second-order valence-corrected chi connectivity index (χ2v) is 2.73. The normalized spacial score (nSPS) is 14.6. The van der Waals surface area contributed by atoms with Crippen molar-refractivity contribution < 1.29 is 9.59 Å². The van der Waals surface area contributed by atoms with E-state index in [0.29, 0.717) is 0 Å². The zero-order chi connectivity index (χ0) is 9.78. The average molecular weight is 188 g/mol. The van der Waals surface area contributed by atoms with E-state index in [1.54, 1.807) is 0 Å². The van der Waals surface area contributed by atoms with Gasteiger partial charge in [0.15, 0.2) is 11.4 Å². The fourth-order valence-electron chi connectivity index (χ4n) is 0.731. The van der Waals surface area contributed by atoms with Gasteiger partial charge in [-0.2, -0.15) is 12.6 Å². The van der Waals surface area contributed by atoms with Gasteiger partial charge < -0.3 is 5.32 Å². The third-order valence-electron chi connectivity index (χ3n) is 1.46. The van der Waals surface area contributed by atoms with Gasteiger partial charge in [0.25, 0.3) is 0 Å². The lowest BCUT2D eigenvalue weighted by atomic mass is 10.1.